The molecule has 0 radical (unpaired) electrons. The minimum Gasteiger partial charge on any atom is -0.481 e. The van der Waals surface area contributed by atoms with E-state index in [1.807, 2.05) is 0 Å². The molecule has 1 rings (SSSR count). The Balaban J connectivity index is 3.09. The highest BCUT2D eigenvalue weighted by Crippen LogP contribution is 2.16. The highest BCUT2D eigenvalue weighted by molar-refractivity contribution is 5.91. The molecule has 88 valence electrons. The summed E-state index contributed by atoms with van der Waals surface area (Å²) < 4.78 is 0. The Morgan fingerprint density at radius 1 is 1.18 bits per heavy atom. The average Bonchev–Trinajstić information content (AvgIpc) is 2.14. The van der Waals surface area contributed by atoms with Crippen molar-refractivity contribution in [3.05, 3.63) is 34.4 Å². The topological polar surface area (TPSA) is 74.6 Å². The first-order valence-electron chi connectivity index (χ1n) is 4.97. The second-order valence-corrected chi connectivity index (χ2v) is 3.66. The van der Waals surface area contributed by atoms with Crippen molar-refractivity contribution in [1.29, 1.82) is 0 Å². The van der Waals surface area contributed by atoms with E-state index < -0.39 is 11.9 Å². The lowest BCUT2D eigenvalue weighted by molar-refractivity contribution is -0.135. The van der Waals surface area contributed by atoms with Crippen molar-refractivity contribution in [3.63, 3.8) is 0 Å². The zero-order valence-corrected chi connectivity index (χ0v) is 9.57. The van der Waals surface area contributed by atoms with E-state index >= 15 is 0 Å². The predicted octanol–water partition coefficient (Wildman–Crippen LogP) is 1.83. The number of aromatic carboxylic acids is 1. The highest BCUT2D eigenvalue weighted by Gasteiger charge is 2.10. The number of aliphatic carboxylic acids is 1. The van der Waals surface area contributed by atoms with E-state index in [1.165, 1.54) is 0 Å². The second kappa shape index (κ2) is 5.17. The van der Waals surface area contributed by atoms with Gasteiger partial charge in [0.25, 0.3) is 0 Å². The fourth-order valence-electron chi connectivity index (χ4n) is 1.59. The van der Waals surface area contributed by atoms with Crippen LogP contribution in [0, 0.1) is 25.7 Å². The number of carbonyl (C=O) groups is 2. The van der Waals surface area contributed by atoms with Gasteiger partial charge in [-0.2, -0.15) is 0 Å². The summed E-state index contributed by atoms with van der Waals surface area (Å²) in [5.74, 6) is 3.26. The minimum absolute atomic E-state index is 0.223. The molecular formula is C13H12O4. The molecule has 2 N–H and O–H groups in total. The van der Waals surface area contributed by atoms with Gasteiger partial charge in [0, 0.05) is 5.56 Å². The Morgan fingerprint density at radius 3 is 2.12 bits per heavy atom. The maximum atomic E-state index is 10.9. The number of hydrogen-bond donors (Lipinski definition) is 2. The number of carboxylic acid groups (broad SMARTS) is 2. The number of carboxylic acids is 2. The molecule has 1 aromatic rings. The third-order valence-corrected chi connectivity index (χ3v) is 2.22. The van der Waals surface area contributed by atoms with Crippen LogP contribution in [0.25, 0.3) is 0 Å². The van der Waals surface area contributed by atoms with Crippen LogP contribution in [-0.2, 0) is 4.79 Å². The van der Waals surface area contributed by atoms with Gasteiger partial charge in [-0.1, -0.05) is 11.8 Å². The second-order valence-electron chi connectivity index (χ2n) is 3.66. The molecule has 4 heteroatoms. The van der Waals surface area contributed by atoms with Crippen LogP contribution in [0.5, 0.6) is 0 Å². The lowest BCUT2D eigenvalue weighted by atomic mass is 9.99. The first-order valence-corrected chi connectivity index (χ1v) is 4.97. The van der Waals surface area contributed by atoms with Crippen molar-refractivity contribution in [2.45, 2.75) is 20.3 Å². The molecule has 0 heterocycles. The van der Waals surface area contributed by atoms with E-state index in [4.69, 9.17) is 10.2 Å². The van der Waals surface area contributed by atoms with Gasteiger partial charge in [-0.05, 0) is 37.1 Å². The summed E-state index contributed by atoms with van der Waals surface area (Å²) >= 11 is 0. The van der Waals surface area contributed by atoms with Crippen LogP contribution >= 0.6 is 0 Å². The number of benzene rings is 1. The summed E-state index contributed by atoms with van der Waals surface area (Å²) in [6, 6.07) is 3.29. The Bertz CT molecular complexity index is 509. The minimum atomic E-state index is -0.979. The van der Waals surface area contributed by atoms with Crippen LogP contribution in [-0.4, -0.2) is 22.2 Å². The lowest BCUT2D eigenvalue weighted by Gasteiger charge is -2.05. The van der Waals surface area contributed by atoms with Gasteiger partial charge in [0.2, 0.25) is 0 Å². The molecular weight excluding hydrogens is 220 g/mol. The summed E-state index contributed by atoms with van der Waals surface area (Å²) in [7, 11) is 0. The van der Waals surface area contributed by atoms with Gasteiger partial charge in [0.05, 0.1) is 5.56 Å². The molecule has 0 spiro atoms. The molecule has 4 nitrogen and oxygen atoms in total. The normalized spacial score (nSPS) is 9.29. The van der Waals surface area contributed by atoms with E-state index in [0.717, 1.165) is 0 Å². The molecule has 0 amide bonds. The molecule has 0 aliphatic carbocycles. The lowest BCUT2D eigenvalue weighted by Crippen LogP contribution is -2.03. The Kier molecular flexibility index (Phi) is 3.89. The van der Waals surface area contributed by atoms with Gasteiger partial charge in [-0.25, -0.2) is 4.79 Å². The molecule has 0 saturated carbocycles. The maximum absolute atomic E-state index is 10.9. The first-order chi connectivity index (χ1) is 7.91. The molecule has 0 atom stereocenters. The summed E-state index contributed by atoms with van der Waals surface area (Å²) in [6.07, 6.45) is -0.223. The fraction of sp³-hybridized carbons (Fsp3) is 0.231. The Morgan fingerprint density at radius 2 is 1.71 bits per heavy atom. The molecule has 0 fully saturated rings. The van der Waals surface area contributed by atoms with Crippen molar-refractivity contribution < 1.29 is 19.8 Å². The summed E-state index contributed by atoms with van der Waals surface area (Å²) in [4.78, 5) is 21.2. The van der Waals surface area contributed by atoms with Crippen LogP contribution in [0.4, 0.5) is 0 Å². The predicted molar refractivity (Wildman–Crippen MR) is 62.0 cm³/mol. The monoisotopic (exact) mass is 232 g/mol. The fourth-order valence-corrected chi connectivity index (χ4v) is 1.59. The summed E-state index contributed by atoms with van der Waals surface area (Å²) in [5.41, 5.74) is 2.15. The molecule has 0 aliphatic rings. The first kappa shape index (κ1) is 12.8. The van der Waals surface area contributed by atoms with E-state index in [2.05, 4.69) is 11.8 Å². The molecule has 1 aromatic carbocycles. The van der Waals surface area contributed by atoms with E-state index in [9.17, 15) is 9.59 Å². The van der Waals surface area contributed by atoms with Gasteiger partial charge < -0.3 is 10.2 Å². The standard InChI is InChI=1S/C13H12O4/c1-8-6-10(4-3-5-11(14)15)7-9(2)12(8)13(16)17/h6-7H,5H2,1-2H3,(H,14,15)(H,16,17). The third kappa shape index (κ3) is 3.35. The van der Waals surface area contributed by atoms with Crippen LogP contribution in [0.2, 0.25) is 0 Å². The van der Waals surface area contributed by atoms with Gasteiger partial charge in [0.1, 0.15) is 6.42 Å². The summed E-state index contributed by atoms with van der Waals surface area (Å²) in [6.45, 7) is 3.39. The zero-order valence-electron chi connectivity index (χ0n) is 9.57. The van der Waals surface area contributed by atoms with Crippen molar-refractivity contribution in [2.24, 2.45) is 0 Å². The Labute approximate surface area is 98.9 Å². The van der Waals surface area contributed by atoms with Gasteiger partial charge in [-0.3, -0.25) is 4.79 Å². The van der Waals surface area contributed by atoms with Crippen LogP contribution in [0.3, 0.4) is 0 Å². The van der Waals surface area contributed by atoms with E-state index in [0.29, 0.717) is 16.7 Å². The smallest absolute Gasteiger partial charge is 0.336 e. The highest BCUT2D eigenvalue weighted by atomic mass is 16.4. The molecule has 0 saturated heterocycles. The van der Waals surface area contributed by atoms with E-state index in [-0.39, 0.29) is 12.0 Å². The van der Waals surface area contributed by atoms with Crippen LogP contribution < -0.4 is 0 Å². The molecule has 0 bridgehead atoms. The molecule has 0 unspecified atom stereocenters. The van der Waals surface area contributed by atoms with Crippen LogP contribution in [0.15, 0.2) is 12.1 Å². The van der Waals surface area contributed by atoms with Crippen molar-refractivity contribution in [3.8, 4) is 11.8 Å². The van der Waals surface area contributed by atoms with Gasteiger partial charge >= 0.3 is 11.9 Å². The molecule has 0 aromatic heterocycles. The van der Waals surface area contributed by atoms with Crippen molar-refractivity contribution in [2.75, 3.05) is 0 Å². The summed E-state index contributed by atoms with van der Waals surface area (Å²) in [5, 5.41) is 17.4. The van der Waals surface area contributed by atoms with Crippen molar-refractivity contribution >= 4 is 11.9 Å². The molecule has 0 aliphatic heterocycles. The average molecular weight is 232 g/mol. The van der Waals surface area contributed by atoms with Crippen molar-refractivity contribution in [1.82, 2.24) is 0 Å². The van der Waals surface area contributed by atoms with E-state index in [1.54, 1.807) is 26.0 Å². The SMILES string of the molecule is Cc1cc(C#CCC(=O)O)cc(C)c1C(=O)O. The molecule has 17 heavy (non-hydrogen) atoms. The van der Waals surface area contributed by atoms with Crippen LogP contribution in [0.1, 0.15) is 33.5 Å². The maximum Gasteiger partial charge on any atom is 0.336 e. The zero-order chi connectivity index (χ0) is 13.0. The van der Waals surface area contributed by atoms with Gasteiger partial charge in [-0.15, -0.1) is 0 Å². The Hall–Kier alpha value is -2.28. The number of aryl methyl sites for hydroxylation is 2. The number of hydrogen-bond acceptors (Lipinski definition) is 2. The number of rotatable bonds is 2. The third-order valence-electron chi connectivity index (χ3n) is 2.22. The largest absolute Gasteiger partial charge is 0.481 e. The van der Waals surface area contributed by atoms with Gasteiger partial charge in [0.15, 0.2) is 0 Å². The quantitative estimate of drug-likeness (QED) is 0.763.